The number of unbranched alkanes of at least 4 members (excludes halogenated alkanes) is 3. The fraction of sp³-hybridized carbons (Fsp3) is 0.500. The number of halogens is 1. The molecule has 26 heavy (non-hydrogen) atoms. The fourth-order valence-corrected chi connectivity index (χ4v) is 5.14. The fourth-order valence-electron chi connectivity index (χ4n) is 2.68. The van der Waals surface area contributed by atoms with E-state index in [0.717, 1.165) is 44.2 Å². The second-order valence-corrected chi connectivity index (χ2v) is 10.1. The third-order valence-corrected chi connectivity index (χ3v) is 7.88. The van der Waals surface area contributed by atoms with Crippen molar-refractivity contribution in [3.63, 3.8) is 0 Å². The molecule has 0 aliphatic heterocycles. The molecule has 0 amide bonds. The van der Waals surface area contributed by atoms with E-state index in [2.05, 4.69) is 26.0 Å². The maximum absolute atomic E-state index is 6.26. The zero-order chi connectivity index (χ0) is 19.1. The monoisotopic (exact) mass is 444 g/mol. The molecule has 0 saturated carbocycles. The zero-order valence-corrected chi connectivity index (χ0v) is 19.5. The summed E-state index contributed by atoms with van der Waals surface area (Å²) < 4.78 is 7.24. The van der Waals surface area contributed by atoms with Gasteiger partial charge in [0.1, 0.15) is 5.58 Å². The van der Waals surface area contributed by atoms with Gasteiger partial charge in [0.05, 0.1) is 5.02 Å². The summed E-state index contributed by atoms with van der Waals surface area (Å²) in [5, 5.41) is 1.62. The van der Waals surface area contributed by atoms with Crippen molar-refractivity contribution < 1.29 is 4.42 Å². The van der Waals surface area contributed by atoms with Crippen molar-refractivity contribution in [2.75, 3.05) is 11.5 Å². The van der Waals surface area contributed by atoms with Gasteiger partial charge in [-0.15, -0.1) is 23.5 Å². The Morgan fingerprint density at radius 2 is 1.81 bits per heavy atom. The van der Waals surface area contributed by atoms with Crippen molar-refractivity contribution in [1.29, 1.82) is 0 Å². The number of rotatable bonds is 9. The minimum atomic E-state index is 0.373. The second kappa shape index (κ2) is 11.1. The molecule has 0 aliphatic carbocycles. The van der Waals surface area contributed by atoms with Crippen LogP contribution in [0.5, 0.6) is 0 Å². The molecule has 1 aromatic carbocycles. The Balaban J connectivity index is 1.84. The summed E-state index contributed by atoms with van der Waals surface area (Å²) in [5.41, 5.74) is 2.97. The van der Waals surface area contributed by atoms with Crippen LogP contribution in [0.4, 0.5) is 0 Å². The smallest absolute Gasteiger partial charge is 0.209 e. The first-order chi connectivity index (χ1) is 12.4. The molecular weight excluding hydrogens is 420 g/mol. The largest absolute Gasteiger partial charge is 0.443 e. The number of fused-ring (bicyclic) bond motifs is 1. The summed E-state index contributed by atoms with van der Waals surface area (Å²) in [6.07, 6.45) is 6.06. The summed E-state index contributed by atoms with van der Waals surface area (Å²) in [7, 11) is 0. The zero-order valence-electron chi connectivity index (χ0n) is 15.5. The van der Waals surface area contributed by atoms with Gasteiger partial charge in [0.25, 0.3) is 0 Å². The lowest BCUT2D eigenvalue weighted by Crippen LogP contribution is -1.90. The molecule has 0 radical (unpaired) electrons. The van der Waals surface area contributed by atoms with E-state index in [4.69, 9.17) is 40.5 Å². The number of thiocarbonyl (C=S) groups is 1. The third-order valence-electron chi connectivity index (χ3n) is 4.21. The van der Waals surface area contributed by atoms with Crippen LogP contribution in [0.2, 0.25) is 5.02 Å². The predicted molar refractivity (Wildman–Crippen MR) is 126 cm³/mol. The quantitative estimate of drug-likeness (QED) is 0.217. The number of hydrogen-bond donors (Lipinski definition) is 0. The van der Waals surface area contributed by atoms with Gasteiger partial charge >= 0.3 is 0 Å². The molecule has 0 unspecified atom stereocenters. The molecular formula is C20H25ClOS4. The molecule has 0 aliphatic rings. The standard InChI is InChI=1S/C20H25ClOS4/c1-4-17(23)26-10-8-6-5-7-9-25-15-11-13(2)19-16(12-15)14(3)18(21)20(24)22-19/h11-12H,4-10H2,1-3H3. The van der Waals surface area contributed by atoms with Crippen molar-refractivity contribution in [2.45, 2.75) is 57.8 Å². The SMILES string of the molecule is CCC(=S)SCCCCCCSc1cc(C)c2oc(=S)c(Cl)c(C)c2c1. The summed E-state index contributed by atoms with van der Waals surface area (Å²) in [4.78, 5) is 1.27. The van der Waals surface area contributed by atoms with Crippen LogP contribution in [-0.4, -0.2) is 15.7 Å². The molecule has 1 aromatic heterocycles. The van der Waals surface area contributed by atoms with E-state index in [1.54, 1.807) is 0 Å². The van der Waals surface area contributed by atoms with Crippen LogP contribution in [0.1, 0.15) is 50.2 Å². The van der Waals surface area contributed by atoms with Crippen LogP contribution >= 0.6 is 59.6 Å². The van der Waals surface area contributed by atoms with Crippen LogP contribution in [0.3, 0.4) is 0 Å². The van der Waals surface area contributed by atoms with E-state index in [1.807, 2.05) is 30.4 Å². The molecule has 1 heterocycles. The van der Waals surface area contributed by atoms with Gasteiger partial charge in [-0.1, -0.05) is 43.6 Å². The Bertz CT molecular complexity index is 829. The molecule has 0 fully saturated rings. The Morgan fingerprint density at radius 1 is 1.12 bits per heavy atom. The molecule has 2 rings (SSSR count). The molecule has 0 spiro atoms. The van der Waals surface area contributed by atoms with Crippen LogP contribution in [0.25, 0.3) is 11.0 Å². The summed E-state index contributed by atoms with van der Waals surface area (Å²) in [6.45, 7) is 6.20. The number of aryl methyl sites for hydroxylation is 2. The predicted octanol–water partition coefficient (Wildman–Crippen LogP) is 8.56. The first-order valence-electron chi connectivity index (χ1n) is 8.96. The maximum atomic E-state index is 6.26. The van der Waals surface area contributed by atoms with Gasteiger partial charge in [-0.2, -0.15) is 0 Å². The van der Waals surface area contributed by atoms with Gasteiger partial charge in [-0.25, -0.2) is 0 Å². The van der Waals surface area contributed by atoms with Crippen LogP contribution in [-0.2, 0) is 0 Å². The van der Waals surface area contributed by atoms with Gasteiger partial charge in [-0.3, -0.25) is 0 Å². The normalized spacial score (nSPS) is 11.2. The Morgan fingerprint density at radius 3 is 2.50 bits per heavy atom. The number of thioether (sulfide) groups is 2. The lowest BCUT2D eigenvalue weighted by molar-refractivity contribution is 0.583. The van der Waals surface area contributed by atoms with Gasteiger partial charge in [0.2, 0.25) is 4.71 Å². The van der Waals surface area contributed by atoms with Crippen molar-refractivity contribution in [3.05, 3.63) is 33.0 Å². The van der Waals surface area contributed by atoms with Crippen molar-refractivity contribution in [2.24, 2.45) is 0 Å². The highest BCUT2D eigenvalue weighted by Gasteiger charge is 2.11. The average Bonchev–Trinajstić information content (AvgIpc) is 2.62. The highest BCUT2D eigenvalue weighted by molar-refractivity contribution is 8.23. The molecule has 0 N–H and O–H groups in total. The minimum absolute atomic E-state index is 0.373. The molecule has 0 saturated heterocycles. The van der Waals surface area contributed by atoms with E-state index in [0.29, 0.717) is 9.73 Å². The number of benzene rings is 1. The van der Waals surface area contributed by atoms with E-state index >= 15 is 0 Å². The first-order valence-corrected chi connectivity index (χ1v) is 12.1. The lowest BCUT2D eigenvalue weighted by atomic mass is 10.1. The Hall–Kier alpha value is -0.0700. The van der Waals surface area contributed by atoms with E-state index < -0.39 is 0 Å². The summed E-state index contributed by atoms with van der Waals surface area (Å²) >= 11 is 20.4. The van der Waals surface area contributed by atoms with Gasteiger partial charge in [-0.05, 0) is 80.1 Å². The Labute approximate surface area is 180 Å². The highest BCUT2D eigenvalue weighted by Crippen LogP contribution is 2.33. The average molecular weight is 445 g/mol. The van der Waals surface area contributed by atoms with Gasteiger partial charge < -0.3 is 4.42 Å². The minimum Gasteiger partial charge on any atom is -0.443 e. The van der Waals surface area contributed by atoms with Gasteiger partial charge in [0, 0.05) is 14.5 Å². The van der Waals surface area contributed by atoms with E-state index in [9.17, 15) is 0 Å². The van der Waals surface area contributed by atoms with Gasteiger partial charge in [0.15, 0.2) is 0 Å². The molecule has 6 heteroatoms. The molecule has 2 aromatic rings. The third kappa shape index (κ3) is 6.23. The maximum Gasteiger partial charge on any atom is 0.209 e. The van der Waals surface area contributed by atoms with Crippen molar-refractivity contribution in [1.82, 2.24) is 0 Å². The van der Waals surface area contributed by atoms with E-state index in [-0.39, 0.29) is 0 Å². The summed E-state index contributed by atoms with van der Waals surface area (Å²) in [5.74, 6) is 2.30. The summed E-state index contributed by atoms with van der Waals surface area (Å²) in [6, 6.07) is 4.36. The lowest BCUT2D eigenvalue weighted by Gasteiger charge is -2.10. The molecule has 142 valence electrons. The topological polar surface area (TPSA) is 13.1 Å². The second-order valence-electron chi connectivity index (χ2n) is 6.28. The molecule has 0 atom stereocenters. The first kappa shape index (κ1) is 22.2. The van der Waals surface area contributed by atoms with Crippen LogP contribution in [0.15, 0.2) is 21.4 Å². The Kier molecular flexibility index (Phi) is 9.45. The van der Waals surface area contributed by atoms with Crippen molar-refractivity contribution >= 4 is 74.7 Å². The van der Waals surface area contributed by atoms with E-state index in [1.165, 1.54) is 30.6 Å². The van der Waals surface area contributed by atoms with Crippen LogP contribution < -0.4 is 0 Å². The number of hydrogen-bond acceptors (Lipinski definition) is 5. The molecule has 0 bridgehead atoms. The van der Waals surface area contributed by atoms with Crippen LogP contribution in [0, 0.1) is 18.6 Å². The highest BCUT2D eigenvalue weighted by atomic mass is 35.5. The van der Waals surface area contributed by atoms with Crippen molar-refractivity contribution in [3.8, 4) is 0 Å². The molecule has 1 nitrogen and oxygen atoms in total.